The van der Waals surface area contributed by atoms with Crippen molar-refractivity contribution in [3.05, 3.63) is 142 Å². The van der Waals surface area contributed by atoms with Crippen molar-refractivity contribution in [1.82, 2.24) is 38.7 Å². The monoisotopic (exact) mass is 955 g/mol. The Morgan fingerprint density at radius 1 is 0.696 bits per heavy atom. The first-order chi connectivity index (χ1) is 33.7. The highest BCUT2D eigenvalue weighted by molar-refractivity contribution is 6.31. The number of methoxy groups -OCH3 is 2. The molecule has 2 aromatic carbocycles. The van der Waals surface area contributed by atoms with Crippen LogP contribution in [0.15, 0.2) is 108 Å². The number of carbonyl (C=O) groups excluding carboxylic acids is 2. The van der Waals surface area contributed by atoms with Crippen LogP contribution in [0.3, 0.4) is 0 Å². The molecule has 6 aromatic heterocycles. The largest absolute Gasteiger partial charge is 0.497 e. The molecule has 0 saturated carbocycles. The molecule has 0 fully saturated rings. The number of benzene rings is 2. The summed E-state index contributed by atoms with van der Waals surface area (Å²) in [6.07, 6.45) is 6.14. The quantitative estimate of drug-likeness (QED) is 0.121. The number of fused-ring (bicyclic) bond motifs is 6. The van der Waals surface area contributed by atoms with Gasteiger partial charge in [-0.3, -0.25) is 9.36 Å². The predicted molar refractivity (Wildman–Crippen MR) is 255 cm³/mol. The highest BCUT2D eigenvalue weighted by Crippen LogP contribution is 2.43. The van der Waals surface area contributed by atoms with Crippen molar-refractivity contribution in [2.24, 2.45) is 0 Å². The van der Waals surface area contributed by atoms with Gasteiger partial charge in [0, 0.05) is 25.5 Å². The first kappa shape index (κ1) is 45.8. The molecule has 2 aliphatic rings. The normalized spacial score (nSPS) is 12.8. The summed E-state index contributed by atoms with van der Waals surface area (Å²) in [4.78, 5) is 55.9. The van der Waals surface area contributed by atoms with Crippen LogP contribution in [-0.4, -0.2) is 104 Å². The maximum atomic E-state index is 13.5. The number of imidazole rings is 2. The molecular formula is C48H46ClN11O9. The second kappa shape index (κ2) is 20.2. The SMILES string of the molecule is CCOC(=O)c1cnc2c3c(c(Cl)nn12)OCCN3Cc1ccc(OC)cc1.CCOC(=O)c1cnc2c3c(c(Nc4cccn(-c5ccccn5)c4=O)nn12)OCCN3Cc1ccc(OC)cc1. The van der Waals surface area contributed by atoms with Crippen LogP contribution in [0.5, 0.6) is 23.0 Å². The van der Waals surface area contributed by atoms with Crippen molar-refractivity contribution in [2.45, 2.75) is 26.9 Å². The van der Waals surface area contributed by atoms with Crippen molar-refractivity contribution in [3.63, 3.8) is 0 Å². The van der Waals surface area contributed by atoms with Crippen LogP contribution in [0.1, 0.15) is 46.0 Å². The van der Waals surface area contributed by atoms with Crippen molar-refractivity contribution in [3.8, 4) is 28.8 Å². The number of halogens is 1. The van der Waals surface area contributed by atoms with Crippen LogP contribution in [0.25, 0.3) is 17.1 Å². The van der Waals surface area contributed by atoms with Gasteiger partial charge in [-0.2, -0.15) is 0 Å². The van der Waals surface area contributed by atoms with Crippen LogP contribution in [0.2, 0.25) is 5.15 Å². The Labute approximate surface area is 399 Å². The molecule has 8 aromatic rings. The van der Waals surface area contributed by atoms with Crippen LogP contribution in [0, 0.1) is 0 Å². The first-order valence-electron chi connectivity index (χ1n) is 21.9. The molecular weight excluding hydrogens is 910 g/mol. The molecule has 20 nitrogen and oxygen atoms in total. The van der Waals surface area contributed by atoms with Gasteiger partial charge in [-0.05, 0) is 73.5 Å². The first-order valence-corrected chi connectivity index (χ1v) is 22.3. The van der Waals surface area contributed by atoms with Crippen LogP contribution in [0.4, 0.5) is 22.9 Å². The summed E-state index contributed by atoms with van der Waals surface area (Å²) < 4.78 is 37.0. The highest BCUT2D eigenvalue weighted by Gasteiger charge is 2.31. The van der Waals surface area contributed by atoms with E-state index in [1.54, 1.807) is 64.7 Å². The number of rotatable bonds is 13. The van der Waals surface area contributed by atoms with Crippen LogP contribution in [-0.2, 0) is 22.6 Å². The molecule has 0 aliphatic carbocycles. The Morgan fingerprint density at radius 3 is 1.78 bits per heavy atom. The summed E-state index contributed by atoms with van der Waals surface area (Å²) in [5.41, 5.74) is 4.71. The summed E-state index contributed by atoms with van der Waals surface area (Å²) in [6.45, 7) is 7.18. The molecule has 8 heterocycles. The van der Waals surface area contributed by atoms with Crippen molar-refractivity contribution >= 4 is 57.7 Å². The van der Waals surface area contributed by atoms with Crippen molar-refractivity contribution in [2.75, 3.05) is 68.9 Å². The highest BCUT2D eigenvalue weighted by atomic mass is 35.5. The number of aromatic nitrogens is 8. The Balaban J connectivity index is 0.000000185. The van der Waals surface area contributed by atoms with E-state index in [9.17, 15) is 14.4 Å². The number of carbonyl (C=O) groups is 2. The van der Waals surface area contributed by atoms with Gasteiger partial charge in [0.2, 0.25) is 0 Å². The van der Waals surface area contributed by atoms with E-state index in [4.69, 9.17) is 40.0 Å². The second-order valence-electron chi connectivity index (χ2n) is 15.3. The Morgan fingerprint density at radius 2 is 1.25 bits per heavy atom. The molecule has 0 amide bonds. The minimum absolute atomic E-state index is 0.154. The Kier molecular flexibility index (Phi) is 13.4. The molecule has 0 spiro atoms. The van der Waals surface area contributed by atoms with Gasteiger partial charge in [0.05, 0.1) is 52.9 Å². The Bertz CT molecular complexity index is 3200. The number of ether oxygens (including phenoxy) is 6. The molecule has 354 valence electrons. The fourth-order valence-electron chi connectivity index (χ4n) is 7.87. The number of anilines is 4. The van der Waals surface area contributed by atoms with Gasteiger partial charge in [-0.15, -0.1) is 10.2 Å². The molecule has 2 aliphatic heterocycles. The molecule has 1 N–H and O–H groups in total. The van der Waals surface area contributed by atoms with Gasteiger partial charge in [0.1, 0.15) is 47.6 Å². The van der Waals surface area contributed by atoms with E-state index in [0.29, 0.717) is 79.4 Å². The number of pyridine rings is 2. The average Bonchev–Trinajstić information content (AvgIpc) is 4.01. The number of hydrogen-bond donors (Lipinski definition) is 1. The minimum Gasteiger partial charge on any atom is -0.497 e. The third-order valence-electron chi connectivity index (χ3n) is 11.1. The van der Waals surface area contributed by atoms with E-state index in [1.807, 2.05) is 54.6 Å². The predicted octanol–water partition coefficient (Wildman–Crippen LogP) is 6.57. The maximum absolute atomic E-state index is 13.5. The molecule has 21 heteroatoms. The van der Waals surface area contributed by atoms with E-state index in [-0.39, 0.29) is 46.8 Å². The summed E-state index contributed by atoms with van der Waals surface area (Å²) in [5.74, 6) is 2.12. The van der Waals surface area contributed by atoms with Crippen molar-refractivity contribution < 1.29 is 38.0 Å². The number of nitrogens with one attached hydrogen (secondary N) is 1. The molecule has 0 atom stereocenters. The summed E-state index contributed by atoms with van der Waals surface area (Å²) >= 11 is 6.36. The average molecular weight is 956 g/mol. The van der Waals surface area contributed by atoms with E-state index < -0.39 is 11.9 Å². The Hall–Kier alpha value is -8.39. The van der Waals surface area contributed by atoms with Gasteiger partial charge in [-0.1, -0.05) is 41.9 Å². The van der Waals surface area contributed by atoms with Crippen molar-refractivity contribution in [1.29, 1.82) is 0 Å². The lowest BCUT2D eigenvalue weighted by atomic mass is 10.1. The van der Waals surface area contributed by atoms with Gasteiger partial charge in [-0.25, -0.2) is 33.6 Å². The van der Waals surface area contributed by atoms with E-state index in [0.717, 1.165) is 22.6 Å². The zero-order valence-electron chi connectivity index (χ0n) is 38.0. The molecule has 0 radical (unpaired) electrons. The molecule has 0 saturated heterocycles. The van der Waals surface area contributed by atoms with E-state index >= 15 is 0 Å². The number of hydrogen-bond acceptors (Lipinski definition) is 17. The number of esters is 2. The van der Waals surface area contributed by atoms with E-state index in [1.165, 1.54) is 26.0 Å². The zero-order chi connectivity index (χ0) is 48.0. The third-order valence-corrected chi connectivity index (χ3v) is 11.3. The van der Waals surface area contributed by atoms with Gasteiger partial charge in [0.15, 0.2) is 45.2 Å². The molecule has 10 rings (SSSR count). The lowest BCUT2D eigenvalue weighted by Gasteiger charge is -2.32. The molecule has 0 unspecified atom stereocenters. The third kappa shape index (κ3) is 9.33. The van der Waals surface area contributed by atoms with Crippen LogP contribution >= 0.6 is 11.6 Å². The summed E-state index contributed by atoms with van der Waals surface area (Å²) in [5, 5.41) is 12.3. The fourth-order valence-corrected chi connectivity index (χ4v) is 8.08. The maximum Gasteiger partial charge on any atom is 0.358 e. The van der Waals surface area contributed by atoms with Gasteiger partial charge < -0.3 is 43.5 Å². The summed E-state index contributed by atoms with van der Waals surface area (Å²) in [6, 6.07) is 24.4. The number of nitrogens with zero attached hydrogens (tertiary/aromatic N) is 10. The summed E-state index contributed by atoms with van der Waals surface area (Å²) in [7, 11) is 3.27. The van der Waals surface area contributed by atoms with Crippen LogP contribution < -0.4 is 39.6 Å². The van der Waals surface area contributed by atoms with Gasteiger partial charge >= 0.3 is 11.9 Å². The molecule has 0 bridgehead atoms. The lowest BCUT2D eigenvalue weighted by Crippen LogP contribution is -2.33. The smallest absolute Gasteiger partial charge is 0.358 e. The standard InChI is InChI=1S/C29H27N7O5.C19H19ClN4O4/c1-3-40-29(38)22-17-31-27-24-25(41-16-15-34(24)18-19-9-11-20(39-2)12-10-19)26(33-36(22)27)32-21-7-6-14-35(28(21)37)23-8-4-5-13-30-23;1-3-27-19(25)14-10-21-18-15-16(17(20)22-24(14)18)28-9-8-23(15)11-12-4-6-13(26-2)7-5-12/h4-14,17H,3,15-16,18H2,1-2H3,(H,32,33);4-7,10H,3,8-9,11H2,1-2H3. The van der Waals surface area contributed by atoms with Gasteiger partial charge in [0.25, 0.3) is 5.56 Å². The lowest BCUT2D eigenvalue weighted by molar-refractivity contribution is 0.0507. The zero-order valence-corrected chi connectivity index (χ0v) is 38.8. The molecule has 69 heavy (non-hydrogen) atoms. The topological polar surface area (TPSA) is 203 Å². The second-order valence-corrected chi connectivity index (χ2v) is 15.7. The van der Waals surface area contributed by atoms with E-state index in [2.05, 4.69) is 40.3 Å². The minimum atomic E-state index is -0.561. The fraction of sp³-hybridized carbons (Fsp3) is 0.250.